The standard InChI is InChI=1S/C18H24BrN3O/c1-12-20-3-2-15(22-12)10-21-16(23)9-17-5-13-4-14(6-17)8-18(19,7-13)11-17/h2-3,13-14H,4-11H2,1H3,(H,21,23). The van der Waals surface area contributed by atoms with Crippen LogP contribution in [0.2, 0.25) is 0 Å². The van der Waals surface area contributed by atoms with E-state index in [-0.39, 0.29) is 11.3 Å². The molecule has 0 radical (unpaired) electrons. The summed E-state index contributed by atoms with van der Waals surface area (Å²) in [6, 6.07) is 1.87. The van der Waals surface area contributed by atoms with Gasteiger partial charge in [-0.05, 0) is 68.8 Å². The predicted octanol–water partition coefficient (Wildman–Crippen LogP) is 3.53. The first-order valence-corrected chi connectivity index (χ1v) is 9.47. The van der Waals surface area contributed by atoms with Gasteiger partial charge in [-0.1, -0.05) is 15.9 Å². The minimum Gasteiger partial charge on any atom is -0.350 e. The van der Waals surface area contributed by atoms with Crippen LogP contribution in [0.5, 0.6) is 0 Å². The summed E-state index contributed by atoms with van der Waals surface area (Å²) in [5.41, 5.74) is 1.12. The molecule has 5 heteroatoms. The van der Waals surface area contributed by atoms with Gasteiger partial charge in [0, 0.05) is 16.9 Å². The van der Waals surface area contributed by atoms with Gasteiger partial charge in [-0.15, -0.1) is 0 Å². The molecule has 23 heavy (non-hydrogen) atoms. The van der Waals surface area contributed by atoms with E-state index in [0.717, 1.165) is 23.4 Å². The van der Waals surface area contributed by atoms with Crippen LogP contribution in [0.1, 0.15) is 56.5 Å². The average Bonchev–Trinajstić information content (AvgIpc) is 2.42. The van der Waals surface area contributed by atoms with Crippen molar-refractivity contribution in [3.63, 3.8) is 0 Å². The van der Waals surface area contributed by atoms with Gasteiger partial charge in [0.2, 0.25) is 5.91 Å². The molecule has 4 bridgehead atoms. The van der Waals surface area contributed by atoms with Gasteiger partial charge in [-0.2, -0.15) is 0 Å². The molecule has 4 nitrogen and oxygen atoms in total. The number of nitrogens with zero attached hydrogens (tertiary/aromatic N) is 2. The highest BCUT2D eigenvalue weighted by Gasteiger charge is 2.57. The van der Waals surface area contributed by atoms with Crippen molar-refractivity contribution >= 4 is 21.8 Å². The SMILES string of the molecule is Cc1nccc(CNC(=O)CC23CC4CC(CC(Br)(C4)C2)C3)n1. The summed E-state index contributed by atoms with van der Waals surface area (Å²) >= 11 is 4.02. The van der Waals surface area contributed by atoms with Crippen LogP contribution >= 0.6 is 15.9 Å². The number of aryl methyl sites for hydroxylation is 1. The van der Waals surface area contributed by atoms with Crippen LogP contribution in [0.3, 0.4) is 0 Å². The molecular weight excluding hydrogens is 354 g/mol. The third-order valence-electron chi connectivity index (χ3n) is 5.95. The Morgan fingerprint density at radius 3 is 2.74 bits per heavy atom. The predicted molar refractivity (Wildman–Crippen MR) is 92.0 cm³/mol. The normalized spacial score (nSPS) is 37.8. The van der Waals surface area contributed by atoms with E-state index < -0.39 is 0 Å². The maximum Gasteiger partial charge on any atom is 0.220 e. The molecule has 1 amide bonds. The number of hydrogen-bond donors (Lipinski definition) is 1. The number of rotatable bonds is 4. The van der Waals surface area contributed by atoms with E-state index >= 15 is 0 Å². The summed E-state index contributed by atoms with van der Waals surface area (Å²) in [6.45, 7) is 2.38. The summed E-state index contributed by atoms with van der Waals surface area (Å²) in [5, 5.41) is 3.07. The average molecular weight is 378 g/mol. The van der Waals surface area contributed by atoms with Crippen molar-refractivity contribution in [3.8, 4) is 0 Å². The maximum atomic E-state index is 12.5. The first-order valence-electron chi connectivity index (χ1n) is 8.68. The Hall–Kier alpha value is -0.970. The fraction of sp³-hybridized carbons (Fsp3) is 0.722. The summed E-state index contributed by atoms with van der Waals surface area (Å²) in [7, 11) is 0. The third kappa shape index (κ3) is 3.17. The fourth-order valence-electron chi connectivity index (χ4n) is 5.74. The Kier molecular flexibility index (Phi) is 3.74. The lowest BCUT2D eigenvalue weighted by atomic mass is 9.48. The van der Waals surface area contributed by atoms with Gasteiger partial charge in [0.05, 0.1) is 12.2 Å². The first-order chi connectivity index (χ1) is 10.9. The zero-order valence-corrected chi connectivity index (χ0v) is 15.2. The number of hydrogen-bond acceptors (Lipinski definition) is 3. The Morgan fingerprint density at radius 2 is 2.09 bits per heavy atom. The fourth-order valence-corrected chi connectivity index (χ4v) is 7.25. The molecule has 0 aromatic carbocycles. The monoisotopic (exact) mass is 377 g/mol. The number of carbonyl (C=O) groups excluding carboxylic acids is 1. The van der Waals surface area contributed by atoms with Crippen molar-refractivity contribution in [2.75, 3.05) is 0 Å². The van der Waals surface area contributed by atoms with E-state index in [2.05, 4.69) is 31.2 Å². The van der Waals surface area contributed by atoms with E-state index in [1.165, 1.54) is 38.5 Å². The molecular formula is C18H24BrN3O. The molecule has 5 rings (SSSR count). The van der Waals surface area contributed by atoms with Crippen LogP contribution < -0.4 is 5.32 Å². The van der Waals surface area contributed by atoms with Crippen molar-refractivity contribution in [2.24, 2.45) is 17.3 Å². The Balaban J connectivity index is 1.39. The van der Waals surface area contributed by atoms with Crippen molar-refractivity contribution < 1.29 is 4.79 Å². The number of carbonyl (C=O) groups is 1. The molecule has 0 saturated heterocycles. The van der Waals surface area contributed by atoms with Gasteiger partial charge in [-0.3, -0.25) is 4.79 Å². The Morgan fingerprint density at radius 1 is 1.35 bits per heavy atom. The first kappa shape index (κ1) is 15.6. The lowest BCUT2D eigenvalue weighted by Gasteiger charge is -2.60. The van der Waals surface area contributed by atoms with Gasteiger partial charge in [-0.25, -0.2) is 9.97 Å². The summed E-state index contributed by atoms with van der Waals surface area (Å²) in [6.07, 6.45) is 10.1. The quantitative estimate of drug-likeness (QED) is 0.816. The summed E-state index contributed by atoms with van der Waals surface area (Å²) in [4.78, 5) is 21.0. The van der Waals surface area contributed by atoms with E-state index in [1.807, 2.05) is 13.0 Å². The highest BCUT2D eigenvalue weighted by molar-refractivity contribution is 9.10. The molecule has 0 spiro atoms. The zero-order chi connectivity index (χ0) is 16.1. The second-order valence-electron chi connectivity index (χ2n) is 8.16. The third-order valence-corrected chi connectivity index (χ3v) is 6.87. The zero-order valence-electron chi connectivity index (χ0n) is 13.6. The van der Waals surface area contributed by atoms with Crippen LogP contribution in [0.4, 0.5) is 0 Å². The second-order valence-corrected chi connectivity index (χ2v) is 9.84. The summed E-state index contributed by atoms with van der Waals surface area (Å²) < 4.78 is 0.321. The minimum atomic E-state index is 0.180. The minimum absolute atomic E-state index is 0.180. The van der Waals surface area contributed by atoms with E-state index in [4.69, 9.17) is 0 Å². The molecule has 4 aliphatic carbocycles. The molecule has 4 fully saturated rings. The smallest absolute Gasteiger partial charge is 0.220 e. The lowest BCUT2D eigenvalue weighted by molar-refractivity contribution is -0.128. The number of alkyl halides is 1. The molecule has 1 heterocycles. The molecule has 2 atom stereocenters. The van der Waals surface area contributed by atoms with Crippen LogP contribution in [0.25, 0.3) is 0 Å². The van der Waals surface area contributed by atoms with E-state index in [0.29, 0.717) is 17.3 Å². The number of nitrogens with one attached hydrogen (secondary N) is 1. The van der Waals surface area contributed by atoms with E-state index in [9.17, 15) is 4.79 Å². The molecule has 4 saturated carbocycles. The van der Waals surface area contributed by atoms with Crippen molar-refractivity contribution in [3.05, 3.63) is 23.8 Å². The molecule has 0 aliphatic heterocycles. The van der Waals surface area contributed by atoms with Gasteiger partial charge >= 0.3 is 0 Å². The molecule has 1 aromatic heterocycles. The van der Waals surface area contributed by atoms with Crippen LogP contribution in [-0.2, 0) is 11.3 Å². The highest BCUT2D eigenvalue weighted by Crippen LogP contribution is 2.65. The van der Waals surface area contributed by atoms with Gasteiger partial charge in [0.15, 0.2) is 0 Å². The molecule has 1 aromatic rings. The molecule has 4 aliphatic rings. The van der Waals surface area contributed by atoms with Crippen LogP contribution in [-0.4, -0.2) is 20.2 Å². The van der Waals surface area contributed by atoms with E-state index in [1.54, 1.807) is 6.20 Å². The lowest BCUT2D eigenvalue weighted by Crippen LogP contribution is -2.54. The maximum absolute atomic E-state index is 12.5. The van der Waals surface area contributed by atoms with Crippen LogP contribution in [0.15, 0.2) is 12.3 Å². The van der Waals surface area contributed by atoms with Crippen LogP contribution in [0, 0.1) is 24.2 Å². The second kappa shape index (κ2) is 5.54. The molecule has 124 valence electrons. The van der Waals surface area contributed by atoms with Crippen molar-refractivity contribution in [1.82, 2.24) is 15.3 Å². The van der Waals surface area contributed by atoms with Gasteiger partial charge < -0.3 is 5.32 Å². The number of amides is 1. The van der Waals surface area contributed by atoms with Crippen molar-refractivity contribution in [2.45, 2.75) is 62.7 Å². The Bertz CT molecular complexity index is 618. The topological polar surface area (TPSA) is 54.9 Å². The Labute approximate surface area is 146 Å². The summed E-state index contributed by atoms with van der Waals surface area (Å²) in [5.74, 6) is 2.58. The van der Waals surface area contributed by atoms with Gasteiger partial charge in [0.25, 0.3) is 0 Å². The number of halogens is 1. The highest BCUT2D eigenvalue weighted by atomic mass is 79.9. The van der Waals surface area contributed by atoms with Gasteiger partial charge in [0.1, 0.15) is 5.82 Å². The molecule has 2 unspecified atom stereocenters. The van der Waals surface area contributed by atoms with Crippen molar-refractivity contribution in [1.29, 1.82) is 0 Å². The molecule has 1 N–H and O–H groups in total. The largest absolute Gasteiger partial charge is 0.350 e. The number of aromatic nitrogens is 2.